The van der Waals surface area contributed by atoms with Gasteiger partial charge >= 0.3 is 0 Å². The van der Waals surface area contributed by atoms with Crippen LogP contribution in [0.4, 0.5) is 4.39 Å². The van der Waals surface area contributed by atoms with E-state index in [1.807, 2.05) is 12.1 Å². The van der Waals surface area contributed by atoms with Crippen molar-refractivity contribution in [1.82, 2.24) is 15.2 Å². The number of nitrogens with zero attached hydrogens (tertiary/aromatic N) is 2. The Kier molecular flexibility index (Phi) is 6.72. The number of halogens is 3. The first-order valence-electron chi connectivity index (χ1n) is 13.6. The number of rotatable bonds is 5. The van der Waals surface area contributed by atoms with Crippen LogP contribution in [0.15, 0.2) is 48.7 Å². The number of hydrogen-bond donors (Lipinski definition) is 1. The van der Waals surface area contributed by atoms with Crippen LogP contribution in [0.5, 0.6) is 0 Å². The molecule has 3 unspecified atom stereocenters. The third kappa shape index (κ3) is 5.19. The zero-order valence-electron chi connectivity index (χ0n) is 22.1. The first-order valence-corrected chi connectivity index (χ1v) is 14.4. The minimum absolute atomic E-state index is 0.0511. The van der Waals surface area contributed by atoms with E-state index >= 15 is 4.39 Å². The highest BCUT2D eigenvalue weighted by Crippen LogP contribution is 2.59. The topological polar surface area (TPSA) is 62.3 Å². The summed E-state index contributed by atoms with van der Waals surface area (Å²) in [5, 5.41) is 2.82. The molecule has 2 aromatic carbocycles. The van der Waals surface area contributed by atoms with Crippen LogP contribution in [0.25, 0.3) is 10.9 Å². The number of fused-ring (bicyclic) bond motifs is 1. The minimum Gasteiger partial charge on any atom is -0.299 e. The number of benzene rings is 2. The van der Waals surface area contributed by atoms with Gasteiger partial charge in [-0.1, -0.05) is 44.2 Å². The van der Waals surface area contributed by atoms with E-state index in [-0.39, 0.29) is 41.3 Å². The van der Waals surface area contributed by atoms with Gasteiger partial charge in [-0.3, -0.25) is 24.8 Å². The zero-order valence-corrected chi connectivity index (χ0v) is 23.7. The smallest absolute Gasteiger partial charge is 0.234 e. The van der Waals surface area contributed by atoms with Gasteiger partial charge in [0.15, 0.2) is 0 Å². The molecule has 0 bridgehead atoms. The molecule has 1 saturated carbocycles. The Balaban J connectivity index is 1.19. The largest absolute Gasteiger partial charge is 0.299 e. The van der Waals surface area contributed by atoms with Crippen LogP contribution in [0.2, 0.25) is 0 Å². The molecule has 39 heavy (non-hydrogen) atoms. The number of likely N-dealkylation sites (tertiary alicyclic amines) is 1. The number of carbonyl (C=O) groups is 2. The van der Waals surface area contributed by atoms with E-state index in [0.29, 0.717) is 28.5 Å². The summed E-state index contributed by atoms with van der Waals surface area (Å²) in [6.45, 7) is 6.98. The highest BCUT2D eigenvalue weighted by molar-refractivity contribution is 6.51. The maximum atomic E-state index is 16.1. The third-order valence-electron chi connectivity index (χ3n) is 8.79. The van der Waals surface area contributed by atoms with Crippen molar-refractivity contribution in [1.29, 1.82) is 0 Å². The van der Waals surface area contributed by atoms with Gasteiger partial charge in [0, 0.05) is 37.0 Å². The molecule has 2 saturated heterocycles. The van der Waals surface area contributed by atoms with E-state index in [9.17, 15) is 9.59 Å². The van der Waals surface area contributed by atoms with Gasteiger partial charge in [0.2, 0.25) is 11.8 Å². The van der Waals surface area contributed by atoms with Crippen LogP contribution in [-0.4, -0.2) is 39.1 Å². The fourth-order valence-corrected chi connectivity index (χ4v) is 7.10. The van der Waals surface area contributed by atoms with Crippen molar-refractivity contribution >= 4 is 45.9 Å². The molecule has 6 rings (SSSR count). The summed E-state index contributed by atoms with van der Waals surface area (Å²) in [6, 6.07) is 14.1. The molecule has 1 aromatic heterocycles. The van der Waals surface area contributed by atoms with Crippen LogP contribution in [0, 0.1) is 11.2 Å². The van der Waals surface area contributed by atoms with Crippen molar-refractivity contribution in [2.45, 2.75) is 68.2 Å². The molecule has 204 valence electrons. The lowest BCUT2D eigenvalue weighted by Crippen LogP contribution is -2.44. The molecule has 2 amide bonds. The summed E-state index contributed by atoms with van der Waals surface area (Å²) in [6.07, 6.45) is 3.96. The second kappa shape index (κ2) is 9.83. The number of imide groups is 1. The molecule has 1 N–H and O–H groups in total. The molecular weight excluding hydrogens is 536 g/mol. The molecule has 0 spiro atoms. The predicted octanol–water partition coefficient (Wildman–Crippen LogP) is 6.57. The molecule has 0 radical (unpaired) electrons. The van der Waals surface area contributed by atoms with Crippen molar-refractivity contribution < 1.29 is 14.0 Å². The maximum absolute atomic E-state index is 16.1. The van der Waals surface area contributed by atoms with Crippen molar-refractivity contribution in [3.63, 3.8) is 0 Å². The van der Waals surface area contributed by atoms with Gasteiger partial charge in [0.25, 0.3) is 0 Å². The zero-order chi connectivity index (χ0) is 27.5. The number of carbonyl (C=O) groups excluding carboxylic acids is 2. The Bertz CT molecular complexity index is 1460. The lowest BCUT2D eigenvalue weighted by molar-refractivity contribution is -0.134. The third-order valence-corrected chi connectivity index (χ3v) is 9.63. The fourth-order valence-electron chi connectivity index (χ4n) is 6.54. The number of amides is 2. The van der Waals surface area contributed by atoms with E-state index in [1.54, 1.807) is 12.3 Å². The maximum Gasteiger partial charge on any atom is 0.234 e. The second-order valence-corrected chi connectivity index (χ2v) is 13.7. The van der Waals surface area contributed by atoms with Gasteiger partial charge in [0.05, 0.1) is 11.4 Å². The highest BCUT2D eigenvalue weighted by atomic mass is 35.5. The Morgan fingerprint density at radius 2 is 1.79 bits per heavy atom. The number of hydrogen-bond acceptors (Lipinski definition) is 4. The van der Waals surface area contributed by atoms with Gasteiger partial charge in [-0.2, -0.15) is 0 Å². The number of aromatic nitrogens is 1. The van der Waals surface area contributed by atoms with Gasteiger partial charge in [-0.25, -0.2) is 4.39 Å². The van der Waals surface area contributed by atoms with E-state index in [1.165, 1.54) is 11.1 Å². The Hall–Kier alpha value is -2.54. The van der Waals surface area contributed by atoms with Gasteiger partial charge in [0.1, 0.15) is 10.2 Å². The summed E-state index contributed by atoms with van der Waals surface area (Å²) in [7, 11) is 0. The van der Waals surface area contributed by atoms with E-state index in [0.717, 1.165) is 32.5 Å². The second-order valence-electron chi connectivity index (χ2n) is 12.1. The van der Waals surface area contributed by atoms with Crippen molar-refractivity contribution in [3.05, 3.63) is 76.7 Å². The molecule has 3 heterocycles. The van der Waals surface area contributed by atoms with Crippen molar-refractivity contribution in [2.75, 3.05) is 13.1 Å². The average molecular weight is 569 g/mol. The van der Waals surface area contributed by atoms with Crippen LogP contribution in [-0.2, 0) is 16.1 Å². The predicted molar refractivity (Wildman–Crippen MR) is 151 cm³/mol. The minimum atomic E-state index is -0.617. The first-order chi connectivity index (χ1) is 18.5. The molecule has 5 nitrogen and oxygen atoms in total. The Morgan fingerprint density at radius 3 is 2.46 bits per heavy atom. The average Bonchev–Trinajstić information content (AvgIpc) is 3.52. The summed E-state index contributed by atoms with van der Waals surface area (Å²) in [5.74, 6) is -1.09. The molecule has 3 atom stereocenters. The highest BCUT2D eigenvalue weighted by Gasteiger charge is 2.52. The van der Waals surface area contributed by atoms with Gasteiger partial charge in [-0.15, -0.1) is 23.2 Å². The summed E-state index contributed by atoms with van der Waals surface area (Å²) >= 11 is 12.5. The van der Waals surface area contributed by atoms with Gasteiger partial charge < -0.3 is 0 Å². The normalized spacial score (nSPS) is 26.4. The molecule has 3 fully saturated rings. The van der Waals surface area contributed by atoms with Crippen LogP contribution in [0.3, 0.4) is 0 Å². The quantitative estimate of drug-likeness (QED) is 0.279. The van der Waals surface area contributed by atoms with Crippen molar-refractivity contribution in [2.24, 2.45) is 5.41 Å². The van der Waals surface area contributed by atoms with Gasteiger partial charge in [-0.05, 0) is 71.5 Å². The van der Waals surface area contributed by atoms with E-state index < -0.39 is 10.3 Å². The molecule has 3 aliphatic rings. The number of pyridine rings is 1. The van der Waals surface area contributed by atoms with Crippen LogP contribution in [0.1, 0.15) is 79.5 Å². The monoisotopic (exact) mass is 567 g/mol. The Labute approximate surface area is 238 Å². The molecule has 3 aromatic rings. The first kappa shape index (κ1) is 26.7. The lowest BCUT2D eigenvalue weighted by Gasteiger charge is -2.45. The number of piperidine rings is 2. The van der Waals surface area contributed by atoms with E-state index in [2.05, 4.69) is 53.3 Å². The van der Waals surface area contributed by atoms with Crippen molar-refractivity contribution in [3.8, 4) is 0 Å². The molecule has 8 heteroatoms. The number of alkyl halides is 2. The SMILES string of the molecule is CC1(C)CN(Cc2ccc(C3CC3(Cl)Cl)cc2)CCC1c1ccc2ncc(C3CCC(=O)NC3=O)cc2c1F. The standard InChI is InChI=1S/C31H32Cl2FN3O2/c1-30(2)17-37(16-18-3-5-19(6-4-18)25-14-31(25,32)33)12-11-24(30)22-7-9-26-23(28(22)34)13-20(15-35-26)21-8-10-27(38)36-29(21)39/h3-7,9,13,15,21,24-25H,8,10-12,14,16-17H2,1-2H3,(H,36,38,39). The molecule has 2 aliphatic heterocycles. The fraction of sp³-hybridized carbons (Fsp3) is 0.452. The summed E-state index contributed by atoms with van der Waals surface area (Å²) < 4.78 is 15.5. The van der Waals surface area contributed by atoms with Crippen LogP contribution < -0.4 is 5.32 Å². The lowest BCUT2D eigenvalue weighted by atomic mass is 9.70. The molecule has 1 aliphatic carbocycles. The van der Waals surface area contributed by atoms with Crippen LogP contribution >= 0.6 is 23.2 Å². The number of nitrogens with one attached hydrogen (secondary N) is 1. The summed E-state index contributed by atoms with van der Waals surface area (Å²) in [4.78, 5) is 30.9. The molecular formula is C31H32Cl2FN3O2. The van der Waals surface area contributed by atoms with E-state index in [4.69, 9.17) is 23.2 Å². The summed E-state index contributed by atoms with van der Waals surface area (Å²) in [5.41, 5.74) is 4.20. The Morgan fingerprint density at radius 1 is 1.05 bits per heavy atom.